The van der Waals surface area contributed by atoms with Crippen LogP contribution < -0.4 is 20.9 Å². The molecular formula is C36H70N8. The highest BCUT2D eigenvalue weighted by atomic mass is 15.3. The van der Waals surface area contributed by atoms with Crippen LogP contribution in [-0.2, 0) is 0 Å². The monoisotopic (exact) mass is 615 g/mol. The summed E-state index contributed by atoms with van der Waals surface area (Å²) in [5.74, 6) is 2.27. The lowest BCUT2D eigenvalue weighted by Crippen LogP contribution is -2.62. The largest absolute Gasteiger partial charge is 0.349 e. The minimum Gasteiger partial charge on any atom is -0.349 e. The summed E-state index contributed by atoms with van der Waals surface area (Å²) in [6.45, 7) is 34.1. The first-order chi connectivity index (χ1) is 19.9. The Morgan fingerprint density at radius 3 is 1.61 bits per heavy atom. The molecule has 3 rings (SSSR count). The van der Waals surface area contributed by atoms with Gasteiger partial charge in [-0.05, 0) is 134 Å². The summed E-state index contributed by atoms with van der Waals surface area (Å²) in [7, 11) is 2.33. The summed E-state index contributed by atoms with van der Waals surface area (Å²) in [6.07, 6.45) is 9.40. The van der Waals surface area contributed by atoms with Crippen molar-refractivity contribution in [1.29, 1.82) is 0 Å². The zero-order valence-corrected chi connectivity index (χ0v) is 31.5. The highest BCUT2D eigenvalue weighted by Gasteiger charge is 2.41. The minimum absolute atomic E-state index is 0.0460. The fourth-order valence-corrected chi connectivity index (χ4v) is 7.81. The van der Waals surface area contributed by atoms with Crippen LogP contribution in [0.2, 0.25) is 0 Å². The number of anilines is 2. The van der Waals surface area contributed by atoms with Gasteiger partial charge >= 0.3 is 0 Å². The molecule has 1 aromatic heterocycles. The zero-order valence-electron chi connectivity index (χ0n) is 31.5. The standard InChI is InChI=1S/C36H70N8/c1-26-37-29(40-36(13,14)31(2,3)4)39-30(38-26)44(28-24-34(9,10)42-35(11,12)25-28)21-19-17-16-18-20-43(15)27-22-32(5,6)41-33(7,8)23-27/h27-28,41-42H,16-25H2,1-15H3,(H,37,38,39,40). The van der Waals surface area contributed by atoms with Crippen LogP contribution in [0.1, 0.15) is 147 Å². The fourth-order valence-electron chi connectivity index (χ4n) is 7.81. The number of aromatic nitrogens is 3. The van der Waals surface area contributed by atoms with Crippen LogP contribution in [0.15, 0.2) is 0 Å². The average Bonchev–Trinajstić information content (AvgIpc) is 2.77. The van der Waals surface area contributed by atoms with Crippen molar-refractivity contribution in [3.05, 3.63) is 5.82 Å². The first-order valence-corrected chi connectivity index (χ1v) is 17.5. The van der Waals surface area contributed by atoms with Gasteiger partial charge in [0.2, 0.25) is 11.9 Å². The molecule has 0 saturated carbocycles. The molecule has 0 radical (unpaired) electrons. The summed E-state index contributed by atoms with van der Waals surface area (Å²) in [5.41, 5.74) is 0.342. The smallest absolute Gasteiger partial charge is 0.230 e. The lowest BCUT2D eigenvalue weighted by atomic mass is 9.76. The van der Waals surface area contributed by atoms with E-state index in [1.165, 1.54) is 38.6 Å². The molecular weight excluding hydrogens is 544 g/mol. The van der Waals surface area contributed by atoms with Crippen molar-refractivity contribution in [3.63, 3.8) is 0 Å². The second kappa shape index (κ2) is 13.3. The minimum atomic E-state index is -0.172. The number of nitrogens with one attached hydrogen (secondary N) is 3. The van der Waals surface area contributed by atoms with E-state index in [0.29, 0.717) is 18.0 Å². The Kier molecular flexibility index (Phi) is 11.2. The lowest BCUT2D eigenvalue weighted by Gasteiger charge is -2.49. The number of hydrogen-bond donors (Lipinski definition) is 3. The predicted molar refractivity (Wildman–Crippen MR) is 189 cm³/mol. The molecule has 0 aromatic carbocycles. The summed E-state index contributed by atoms with van der Waals surface area (Å²) in [6, 6.07) is 1.01. The summed E-state index contributed by atoms with van der Waals surface area (Å²) in [5, 5.41) is 11.4. The third-order valence-corrected chi connectivity index (χ3v) is 10.4. The Hall–Kier alpha value is -1.51. The van der Waals surface area contributed by atoms with Crippen LogP contribution in [0, 0.1) is 12.3 Å². The van der Waals surface area contributed by atoms with Gasteiger partial charge < -0.3 is 25.8 Å². The van der Waals surface area contributed by atoms with Crippen LogP contribution in [0.5, 0.6) is 0 Å². The second-order valence-corrected chi connectivity index (χ2v) is 18.5. The molecule has 44 heavy (non-hydrogen) atoms. The van der Waals surface area contributed by atoms with E-state index in [1.807, 2.05) is 6.92 Å². The van der Waals surface area contributed by atoms with Gasteiger partial charge in [-0.2, -0.15) is 15.0 Å². The van der Waals surface area contributed by atoms with Gasteiger partial charge in [-0.25, -0.2) is 0 Å². The normalized spacial score (nSPS) is 22.3. The van der Waals surface area contributed by atoms with Crippen molar-refractivity contribution < 1.29 is 0 Å². The maximum absolute atomic E-state index is 5.08. The quantitative estimate of drug-likeness (QED) is 0.211. The number of unbranched alkanes of at least 4 members (excludes halogenated alkanes) is 3. The molecule has 254 valence electrons. The third kappa shape index (κ3) is 10.5. The van der Waals surface area contributed by atoms with E-state index < -0.39 is 0 Å². The molecule has 0 aliphatic carbocycles. The average molecular weight is 615 g/mol. The predicted octanol–water partition coefficient (Wildman–Crippen LogP) is 7.33. The van der Waals surface area contributed by atoms with Crippen molar-refractivity contribution in [2.24, 2.45) is 5.41 Å². The Labute approximate surface area is 271 Å². The van der Waals surface area contributed by atoms with E-state index >= 15 is 0 Å². The van der Waals surface area contributed by atoms with Crippen LogP contribution in [0.4, 0.5) is 11.9 Å². The Morgan fingerprint density at radius 2 is 1.14 bits per heavy atom. The molecule has 3 N–H and O–H groups in total. The molecule has 3 heterocycles. The van der Waals surface area contributed by atoms with Gasteiger partial charge in [0.25, 0.3) is 0 Å². The molecule has 8 nitrogen and oxygen atoms in total. The molecule has 1 aromatic rings. The number of piperidine rings is 2. The molecule has 8 heteroatoms. The number of nitrogens with zero attached hydrogens (tertiary/aromatic N) is 5. The van der Waals surface area contributed by atoms with Gasteiger partial charge in [0.15, 0.2) is 0 Å². The third-order valence-electron chi connectivity index (χ3n) is 10.4. The molecule has 0 bridgehead atoms. The van der Waals surface area contributed by atoms with E-state index in [1.54, 1.807) is 0 Å². The van der Waals surface area contributed by atoms with Crippen molar-refractivity contribution in [3.8, 4) is 0 Å². The van der Waals surface area contributed by atoms with Gasteiger partial charge in [-0.3, -0.25) is 0 Å². The Morgan fingerprint density at radius 1 is 0.682 bits per heavy atom. The van der Waals surface area contributed by atoms with Crippen LogP contribution in [0.25, 0.3) is 0 Å². The maximum atomic E-state index is 5.08. The van der Waals surface area contributed by atoms with Gasteiger partial charge in [-0.15, -0.1) is 0 Å². The van der Waals surface area contributed by atoms with Crippen molar-refractivity contribution in [2.75, 3.05) is 30.4 Å². The zero-order chi connectivity index (χ0) is 33.4. The van der Waals surface area contributed by atoms with E-state index in [2.05, 4.69) is 123 Å². The van der Waals surface area contributed by atoms with Gasteiger partial charge in [-0.1, -0.05) is 33.6 Å². The number of aryl methyl sites for hydroxylation is 1. The molecule has 2 saturated heterocycles. The van der Waals surface area contributed by atoms with E-state index in [9.17, 15) is 0 Å². The van der Waals surface area contributed by atoms with Crippen LogP contribution >= 0.6 is 0 Å². The van der Waals surface area contributed by atoms with Crippen molar-refractivity contribution in [2.45, 2.75) is 188 Å². The van der Waals surface area contributed by atoms with Crippen LogP contribution in [0.3, 0.4) is 0 Å². The van der Waals surface area contributed by atoms with Gasteiger partial charge in [0.1, 0.15) is 5.82 Å². The summed E-state index contributed by atoms with van der Waals surface area (Å²) < 4.78 is 0. The lowest BCUT2D eigenvalue weighted by molar-refractivity contribution is 0.0805. The van der Waals surface area contributed by atoms with Gasteiger partial charge in [0, 0.05) is 46.3 Å². The number of hydrogen-bond acceptors (Lipinski definition) is 8. The highest BCUT2D eigenvalue weighted by Crippen LogP contribution is 2.35. The topological polar surface area (TPSA) is 81.2 Å². The Bertz CT molecular complexity index is 1050. The van der Waals surface area contributed by atoms with E-state index in [0.717, 1.165) is 37.6 Å². The molecule has 0 spiro atoms. The van der Waals surface area contributed by atoms with Crippen molar-refractivity contribution >= 4 is 11.9 Å². The maximum Gasteiger partial charge on any atom is 0.230 e. The van der Waals surface area contributed by atoms with Crippen LogP contribution in [-0.4, -0.2) is 79.8 Å². The fraction of sp³-hybridized carbons (Fsp3) is 0.917. The van der Waals surface area contributed by atoms with E-state index in [4.69, 9.17) is 15.0 Å². The first kappa shape index (κ1) is 37.0. The van der Waals surface area contributed by atoms with E-state index in [-0.39, 0.29) is 33.1 Å². The van der Waals surface area contributed by atoms with Crippen molar-refractivity contribution in [1.82, 2.24) is 30.5 Å². The summed E-state index contributed by atoms with van der Waals surface area (Å²) >= 11 is 0. The molecule has 2 fully saturated rings. The SMILES string of the molecule is Cc1nc(NC(C)(C)C(C)(C)C)nc(N(CCCCCCN(C)C2CC(C)(C)NC(C)(C)C2)C2CC(C)(C)NC(C)(C)C2)n1. The van der Waals surface area contributed by atoms with Gasteiger partial charge in [0.05, 0.1) is 0 Å². The molecule has 2 aliphatic rings. The number of rotatable bonds is 12. The molecule has 0 atom stereocenters. The molecule has 0 unspecified atom stereocenters. The first-order valence-electron chi connectivity index (χ1n) is 17.5. The molecule has 2 aliphatic heterocycles. The Balaban J connectivity index is 1.69. The molecule has 0 amide bonds. The highest BCUT2D eigenvalue weighted by molar-refractivity contribution is 5.40. The summed E-state index contributed by atoms with van der Waals surface area (Å²) in [4.78, 5) is 19.9. The second-order valence-electron chi connectivity index (χ2n) is 18.5.